The Hall–Kier alpha value is -3.71. The number of benzene rings is 1. The standard InChI is InChI=1S/C15H14N4O.C9H14O.CH4O/c1-11-8-18-15-14(16-6-7-19(11)15)17-9-12-2-4-13(10-20)5-3-12;1-5-7-9(10-4)8(3)6-2;1-2/h2-8,10H,9H2,1H3,(H,16,17);5-7H,1H2,2-4H3;2H,1H3/b;8-6-,9-7+;. The molecule has 0 bridgehead atoms. The van der Waals surface area contributed by atoms with Gasteiger partial charge in [-0.15, -0.1) is 0 Å². The third-order valence-electron chi connectivity index (χ3n) is 4.50. The van der Waals surface area contributed by atoms with Gasteiger partial charge in [0.1, 0.15) is 12.0 Å². The molecule has 3 aromatic rings. The number of aryl methyl sites for hydroxylation is 1. The molecule has 2 N–H and O–H groups in total. The van der Waals surface area contributed by atoms with Gasteiger partial charge >= 0.3 is 0 Å². The average molecular weight is 437 g/mol. The Labute approximate surface area is 189 Å². The Morgan fingerprint density at radius 1 is 1.25 bits per heavy atom. The number of imidazole rings is 1. The van der Waals surface area contributed by atoms with Crippen LogP contribution >= 0.6 is 0 Å². The number of nitrogens with one attached hydrogen (secondary N) is 1. The Morgan fingerprint density at radius 2 is 1.94 bits per heavy atom. The number of aliphatic hydroxyl groups excluding tert-OH is 1. The van der Waals surface area contributed by atoms with Crippen LogP contribution in [-0.4, -0.2) is 40.0 Å². The minimum atomic E-state index is 0.637. The molecule has 0 aliphatic heterocycles. The highest BCUT2D eigenvalue weighted by atomic mass is 16.5. The molecule has 0 saturated carbocycles. The first-order chi connectivity index (χ1) is 15.5. The van der Waals surface area contributed by atoms with E-state index in [2.05, 4.69) is 21.9 Å². The maximum absolute atomic E-state index is 10.6. The quantitative estimate of drug-likeness (QED) is 0.316. The fourth-order valence-electron chi connectivity index (χ4n) is 2.68. The van der Waals surface area contributed by atoms with Gasteiger partial charge < -0.3 is 15.2 Å². The fourth-order valence-corrected chi connectivity index (χ4v) is 2.68. The number of fused-ring (bicyclic) bond motifs is 1. The van der Waals surface area contributed by atoms with Gasteiger partial charge in [-0.3, -0.25) is 9.20 Å². The third kappa shape index (κ3) is 7.52. The van der Waals surface area contributed by atoms with E-state index in [1.165, 1.54) is 0 Å². The van der Waals surface area contributed by atoms with Gasteiger partial charge in [-0.2, -0.15) is 0 Å². The van der Waals surface area contributed by atoms with Crippen LogP contribution in [0, 0.1) is 6.92 Å². The summed E-state index contributed by atoms with van der Waals surface area (Å²) >= 11 is 0. The van der Waals surface area contributed by atoms with Crippen molar-refractivity contribution in [2.75, 3.05) is 19.5 Å². The first-order valence-electron chi connectivity index (χ1n) is 10.0. The molecule has 0 atom stereocenters. The number of carbonyl (C=O) groups excluding carboxylic acids is 1. The first-order valence-corrected chi connectivity index (χ1v) is 10.0. The molecule has 0 saturated heterocycles. The second-order valence-electron chi connectivity index (χ2n) is 6.52. The first kappa shape index (κ1) is 26.3. The van der Waals surface area contributed by atoms with Crippen LogP contribution in [0.15, 0.2) is 79.0 Å². The van der Waals surface area contributed by atoms with Crippen LogP contribution in [-0.2, 0) is 11.3 Å². The maximum atomic E-state index is 10.6. The molecule has 2 heterocycles. The SMILES string of the molecule is C=C/C=C(OC)\C(C)=C/C.CO.Cc1cnc2c(NCc3ccc(C=O)cc3)nccn12. The summed E-state index contributed by atoms with van der Waals surface area (Å²) in [4.78, 5) is 19.3. The molecule has 32 heavy (non-hydrogen) atoms. The second-order valence-corrected chi connectivity index (χ2v) is 6.52. The molecule has 0 unspecified atom stereocenters. The number of aromatic nitrogens is 3. The summed E-state index contributed by atoms with van der Waals surface area (Å²) in [5.74, 6) is 1.62. The number of carbonyl (C=O) groups is 1. The van der Waals surface area contributed by atoms with Crippen LogP contribution in [0.5, 0.6) is 0 Å². The van der Waals surface area contributed by atoms with Crippen molar-refractivity contribution in [1.29, 1.82) is 0 Å². The van der Waals surface area contributed by atoms with E-state index >= 15 is 0 Å². The summed E-state index contributed by atoms with van der Waals surface area (Å²) in [6.45, 7) is 10.2. The predicted octanol–water partition coefficient (Wildman–Crippen LogP) is 4.74. The number of hydrogen-bond acceptors (Lipinski definition) is 6. The van der Waals surface area contributed by atoms with Crippen molar-refractivity contribution in [3.8, 4) is 0 Å². The molecule has 0 aliphatic carbocycles. The number of aldehydes is 1. The number of aliphatic hydroxyl groups is 1. The highest BCUT2D eigenvalue weighted by molar-refractivity contribution is 5.74. The van der Waals surface area contributed by atoms with Crippen molar-refractivity contribution in [1.82, 2.24) is 14.4 Å². The smallest absolute Gasteiger partial charge is 0.180 e. The summed E-state index contributed by atoms with van der Waals surface area (Å²) in [6.07, 6.45) is 11.9. The lowest BCUT2D eigenvalue weighted by atomic mass is 10.1. The minimum Gasteiger partial charge on any atom is -0.497 e. The molecule has 7 heteroatoms. The van der Waals surface area contributed by atoms with Gasteiger partial charge in [0.05, 0.1) is 7.11 Å². The van der Waals surface area contributed by atoms with E-state index in [9.17, 15) is 4.79 Å². The van der Waals surface area contributed by atoms with Gasteiger partial charge in [-0.25, -0.2) is 9.97 Å². The summed E-state index contributed by atoms with van der Waals surface area (Å²) < 4.78 is 7.06. The summed E-state index contributed by atoms with van der Waals surface area (Å²) in [5.41, 5.74) is 4.78. The van der Waals surface area contributed by atoms with Crippen molar-refractivity contribution in [2.45, 2.75) is 27.3 Å². The predicted molar refractivity (Wildman–Crippen MR) is 130 cm³/mol. The van der Waals surface area contributed by atoms with Crippen molar-refractivity contribution < 1.29 is 14.6 Å². The molecule has 3 rings (SSSR count). The lowest BCUT2D eigenvalue weighted by Gasteiger charge is -2.07. The molecule has 0 aliphatic rings. The number of methoxy groups -OCH3 is 1. The zero-order valence-corrected chi connectivity index (χ0v) is 19.4. The fraction of sp³-hybridized carbons (Fsp3) is 0.240. The lowest BCUT2D eigenvalue weighted by Crippen LogP contribution is -2.04. The zero-order chi connectivity index (χ0) is 23.9. The number of allylic oxidation sites excluding steroid dienone is 4. The van der Waals surface area contributed by atoms with Crippen LogP contribution in [0.25, 0.3) is 5.65 Å². The van der Waals surface area contributed by atoms with E-state index in [0.717, 1.165) is 47.5 Å². The molecule has 170 valence electrons. The topological polar surface area (TPSA) is 88.8 Å². The van der Waals surface area contributed by atoms with Crippen LogP contribution in [0.4, 0.5) is 5.82 Å². The Balaban J connectivity index is 0.000000364. The molecule has 7 nitrogen and oxygen atoms in total. The average Bonchev–Trinajstić information content (AvgIpc) is 3.24. The van der Waals surface area contributed by atoms with Gasteiger partial charge in [-0.05, 0) is 38.0 Å². The van der Waals surface area contributed by atoms with E-state index in [-0.39, 0.29) is 0 Å². The van der Waals surface area contributed by atoms with Crippen molar-refractivity contribution in [2.24, 2.45) is 0 Å². The van der Waals surface area contributed by atoms with Gasteiger partial charge in [0.2, 0.25) is 0 Å². The molecule has 0 fully saturated rings. The minimum absolute atomic E-state index is 0.637. The molecule has 0 amide bonds. The van der Waals surface area contributed by atoms with Crippen molar-refractivity contribution in [3.05, 3.63) is 95.8 Å². The normalized spacial score (nSPS) is 10.9. The van der Waals surface area contributed by atoms with Crippen LogP contribution in [0.2, 0.25) is 0 Å². The Morgan fingerprint density at radius 3 is 2.50 bits per heavy atom. The highest BCUT2D eigenvalue weighted by Crippen LogP contribution is 2.15. The molecule has 0 radical (unpaired) electrons. The number of rotatable bonds is 7. The third-order valence-corrected chi connectivity index (χ3v) is 4.50. The van der Waals surface area contributed by atoms with Crippen LogP contribution < -0.4 is 5.32 Å². The number of hydrogen-bond donors (Lipinski definition) is 2. The van der Waals surface area contributed by atoms with E-state index in [0.29, 0.717) is 12.1 Å². The van der Waals surface area contributed by atoms with Crippen LogP contribution in [0.3, 0.4) is 0 Å². The summed E-state index contributed by atoms with van der Waals surface area (Å²) in [6, 6.07) is 7.46. The molecular formula is C25H32N4O3. The lowest BCUT2D eigenvalue weighted by molar-refractivity contribution is 0.112. The van der Waals surface area contributed by atoms with E-state index in [1.807, 2.05) is 61.9 Å². The van der Waals surface area contributed by atoms with Crippen molar-refractivity contribution >= 4 is 17.8 Å². The Kier molecular flexibility index (Phi) is 11.8. The van der Waals surface area contributed by atoms with Gasteiger partial charge in [-0.1, -0.05) is 43.0 Å². The largest absolute Gasteiger partial charge is 0.497 e. The van der Waals surface area contributed by atoms with Gasteiger partial charge in [0, 0.05) is 43.5 Å². The molecule has 1 aromatic carbocycles. The molecule has 2 aromatic heterocycles. The number of anilines is 1. The number of nitrogens with zero attached hydrogens (tertiary/aromatic N) is 3. The second kappa shape index (κ2) is 14.3. The Bertz CT molecular complexity index is 1050. The van der Waals surface area contributed by atoms with E-state index in [1.54, 1.807) is 31.5 Å². The maximum Gasteiger partial charge on any atom is 0.180 e. The van der Waals surface area contributed by atoms with Gasteiger partial charge in [0.15, 0.2) is 11.5 Å². The summed E-state index contributed by atoms with van der Waals surface area (Å²) in [5, 5.41) is 10.3. The zero-order valence-electron chi connectivity index (χ0n) is 19.4. The monoisotopic (exact) mass is 436 g/mol. The van der Waals surface area contributed by atoms with Crippen molar-refractivity contribution in [3.63, 3.8) is 0 Å². The molecule has 0 spiro atoms. The highest BCUT2D eigenvalue weighted by Gasteiger charge is 2.05. The number of ether oxygens (including phenoxy) is 1. The molecular weight excluding hydrogens is 404 g/mol. The van der Waals surface area contributed by atoms with Gasteiger partial charge in [0.25, 0.3) is 0 Å². The summed E-state index contributed by atoms with van der Waals surface area (Å²) in [7, 11) is 2.66. The van der Waals surface area contributed by atoms with E-state index in [4.69, 9.17) is 9.84 Å². The van der Waals surface area contributed by atoms with E-state index < -0.39 is 0 Å². The van der Waals surface area contributed by atoms with Crippen LogP contribution in [0.1, 0.15) is 35.5 Å².